The van der Waals surface area contributed by atoms with E-state index in [1.807, 2.05) is 77.2 Å². The van der Waals surface area contributed by atoms with E-state index < -0.39 is 17.2 Å². The average Bonchev–Trinajstić information content (AvgIpc) is 3.07. The van der Waals surface area contributed by atoms with Crippen molar-refractivity contribution in [3.63, 3.8) is 0 Å². The number of hydrogen-bond acceptors (Lipinski definition) is 3. The van der Waals surface area contributed by atoms with Crippen LogP contribution < -0.4 is 5.32 Å². The fourth-order valence-corrected chi connectivity index (χ4v) is 3.48. The Morgan fingerprint density at radius 2 is 1.81 bits per heavy atom. The number of amides is 1. The van der Waals surface area contributed by atoms with Crippen molar-refractivity contribution in [2.45, 2.75) is 52.2 Å². The Kier molecular flexibility index (Phi) is 6.21. The van der Waals surface area contributed by atoms with Crippen molar-refractivity contribution in [2.24, 2.45) is 0 Å². The standard InChI is InChI=1S/C26H29N3O2/c1-25(2,3)31-24(30)29-26(4,5)15-21-17-28-23-20(7-6-8-22(21)23)14-13-18-9-11-19(16-27)12-10-18/h6-14,17,28H,15H2,1-5H3,(H,29,30)/b14-13+. The highest BCUT2D eigenvalue weighted by molar-refractivity contribution is 5.92. The number of H-pyrrole nitrogens is 1. The number of nitrogens with one attached hydrogen (secondary N) is 2. The van der Waals surface area contributed by atoms with Crippen molar-refractivity contribution in [2.75, 3.05) is 0 Å². The number of benzene rings is 2. The van der Waals surface area contributed by atoms with Gasteiger partial charge in [0.25, 0.3) is 0 Å². The van der Waals surface area contributed by atoms with Crippen LogP contribution in [0.1, 0.15) is 56.9 Å². The van der Waals surface area contributed by atoms with E-state index in [0.29, 0.717) is 12.0 Å². The predicted molar refractivity (Wildman–Crippen MR) is 126 cm³/mol. The highest BCUT2D eigenvalue weighted by Crippen LogP contribution is 2.26. The number of hydrogen-bond donors (Lipinski definition) is 2. The second kappa shape index (κ2) is 8.69. The van der Waals surface area contributed by atoms with Crippen LogP contribution in [-0.2, 0) is 11.2 Å². The summed E-state index contributed by atoms with van der Waals surface area (Å²) >= 11 is 0. The monoisotopic (exact) mass is 415 g/mol. The van der Waals surface area contributed by atoms with Crippen LogP contribution in [0.5, 0.6) is 0 Å². The Hall–Kier alpha value is -3.52. The number of alkyl carbamates (subject to hydrolysis) is 1. The number of aromatic amines is 1. The minimum atomic E-state index is -0.531. The molecule has 0 atom stereocenters. The minimum Gasteiger partial charge on any atom is -0.444 e. The fraction of sp³-hybridized carbons (Fsp3) is 0.308. The van der Waals surface area contributed by atoms with E-state index >= 15 is 0 Å². The van der Waals surface area contributed by atoms with Gasteiger partial charge in [-0.2, -0.15) is 5.26 Å². The summed E-state index contributed by atoms with van der Waals surface area (Å²) in [5.74, 6) is 0. The lowest BCUT2D eigenvalue weighted by Gasteiger charge is -2.28. The summed E-state index contributed by atoms with van der Waals surface area (Å²) in [5, 5.41) is 13.0. The Labute approximate surface area is 183 Å². The third-order valence-electron chi connectivity index (χ3n) is 4.80. The Balaban J connectivity index is 1.79. The van der Waals surface area contributed by atoms with Crippen LogP contribution in [-0.4, -0.2) is 22.2 Å². The number of nitriles is 1. The maximum absolute atomic E-state index is 12.2. The minimum absolute atomic E-state index is 0.414. The molecule has 1 heterocycles. The van der Waals surface area contributed by atoms with E-state index in [9.17, 15) is 4.79 Å². The SMILES string of the molecule is CC(C)(Cc1c[nH]c2c(/C=C/c3ccc(C#N)cc3)cccc12)NC(=O)OC(C)(C)C. The molecule has 0 saturated carbocycles. The van der Waals surface area contributed by atoms with E-state index in [0.717, 1.165) is 27.6 Å². The van der Waals surface area contributed by atoms with Crippen molar-refractivity contribution in [1.29, 1.82) is 5.26 Å². The van der Waals surface area contributed by atoms with E-state index in [-0.39, 0.29) is 0 Å². The molecule has 0 aliphatic carbocycles. The van der Waals surface area contributed by atoms with Gasteiger partial charge in [0.05, 0.1) is 17.1 Å². The molecule has 0 aliphatic rings. The average molecular weight is 416 g/mol. The fourth-order valence-electron chi connectivity index (χ4n) is 3.48. The van der Waals surface area contributed by atoms with Crippen LogP contribution in [0.2, 0.25) is 0 Å². The van der Waals surface area contributed by atoms with Crippen LogP contribution in [0.4, 0.5) is 4.79 Å². The summed E-state index contributed by atoms with van der Waals surface area (Å²) < 4.78 is 5.40. The molecular weight excluding hydrogens is 386 g/mol. The van der Waals surface area contributed by atoms with Crippen LogP contribution in [0.25, 0.3) is 23.1 Å². The van der Waals surface area contributed by atoms with E-state index in [4.69, 9.17) is 10.00 Å². The molecule has 2 N–H and O–H groups in total. The lowest BCUT2D eigenvalue weighted by Crippen LogP contribution is -2.47. The number of carbonyl (C=O) groups excluding carboxylic acids is 1. The highest BCUT2D eigenvalue weighted by Gasteiger charge is 2.26. The van der Waals surface area contributed by atoms with E-state index in [1.54, 1.807) is 0 Å². The van der Waals surface area contributed by atoms with Crippen molar-refractivity contribution < 1.29 is 9.53 Å². The molecule has 0 spiro atoms. The number of nitrogens with zero attached hydrogens (tertiary/aromatic N) is 1. The zero-order chi connectivity index (χ0) is 22.6. The van der Waals surface area contributed by atoms with E-state index in [2.05, 4.69) is 34.6 Å². The van der Waals surface area contributed by atoms with Gasteiger partial charge in [0.15, 0.2) is 0 Å². The molecule has 0 unspecified atom stereocenters. The molecule has 3 aromatic rings. The molecule has 0 aliphatic heterocycles. The summed E-state index contributed by atoms with van der Waals surface area (Å²) in [6.07, 6.45) is 6.35. The Morgan fingerprint density at radius 1 is 1.10 bits per heavy atom. The molecule has 0 saturated heterocycles. The molecule has 0 radical (unpaired) electrons. The maximum atomic E-state index is 12.2. The third kappa shape index (κ3) is 5.99. The first-order chi connectivity index (χ1) is 14.6. The molecule has 2 aromatic carbocycles. The van der Waals surface area contributed by atoms with Crippen LogP contribution in [0.3, 0.4) is 0 Å². The Morgan fingerprint density at radius 3 is 2.45 bits per heavy atom. The van der Waals surface area contributed by atoms with Crippen molar-refractivity contribution >= 4 is 29.1 Å². The zero-order valence-corrected chi connectivity index (χ0v) is 18.7. The zero-order valence-electron chi connectivity index (χ0n) is 18.7. The van der Waals surface area contributed by atoms with Gasteiger partial charge in [0, 0.05) is 17.1 Å². The van der Waals surface area contributed by atoms with Gasteiger partial charge < -0.3 is 15.0 Å². The van der Waals surface area contributed by atoms with Crippen LogP contribution in [0.15, 0.2) is 48.7 Å². The van der Waals surface area contributed by atoms with Gasteiger partial charge in [0.1, 0.15) is 5.60 Å². The normalized spacial score (nSPS) is 12.1. The molecule has 0 bridgehead atoms. The largest absolute Gasteiger partial charge is 0.444 e. The number of aromatic nitrogens is 1. The van der Waals surface area contributed by atoms with E-state index in [1.165, 1.54) is 0 Å². The molecule has 5 nitrogen and oxygen atoms in total. The number of ether oxygens (including phenoxy) is 1. The molecule has 160 valence electrons. The van der Waals surface area contributed by atoms with Crippen molar-refractivity contribution in [3.05, 3.63) is 70.9 Å². The first-order valence-corrected chi connectivity index (χ1v) is 10.3. The van der Waals surface area contributed by atoms with Crippen molar-refractivity contribution in [1.82, 2.24) is 10.3 Å². The van der Waals surface area contributed by atoms with Gasteiger partial charge in [-0.3, -0.25) is 0 Å². The molecule has 3 rings (SSSR count). The molecule has 1 aromatic heterocycles. The lowest BCUT2D eigenvalue weighted by atomic mass is 9.94. The maximum Gasteiger partial charge on any atom is 0.408 e. The highest BCUT2D eigenvalue weighted by atomic mass is 16.6. The first kappa shape index (κ1) is 22.2. The molecule has 0 fully saturated rings. The Bertz CT molecular complexity index is 1140. The number of fused-ring (bicyclic) bond motifs is 1. The second-order valence-electron chi connectivity index (χ2n) is 9.34. The lowest BCUT2D eigenvalue weighted by molar-refractivity contribution is 0.0472. The molecule has 1 amide bonds. The summed E-state index contributed by atoms with van der Waals surface area (Å²) in [5.41, 5.74) is 3.94. The summed E-state index contributed by atoms with van der Waals surface area (Å²) in [4.78, 5) is 15.6. The molecule has 31 heavy (non-hydrogen) atoms. The topological polar surface area (TPSA) is 77.9 Å². The number of rotatable bonds is 5. The third-order valence-corrected chi connectivity index (χ3v) is 4.80. The van der Waals surface area contributed by atoms with Gasteiger partial charge in [-0.1, -0.05) is 42.5 Å². The predicted octanol–water partition coefficient (Wildman–Crippen LogP) is 6.06. The molecular formula is C26H29N3O2. The van der Waals surface area contributed by atoms with Gasteiger partial charge in [-0.25, -0.2) is 4.79 Å². The van der Waals surface area contributed by atoms with Gasteiger partial charge in [-0.15, -0.1) is 0 Å². The van der Waals surface area contributed by atoms with Gasteiger partial charge in [-0.05, 0) is 69.9 Å². The number of para-hydroxylation sites is 1. The van der Waals surface area contributed by atoms with Crippen LogP contribution in [0, 0.1) is 11.3 Å². The summed E-state index contributed by atoms with van der Waals surface area (Å²) in [6, 6.07) is 15.8. The van der Waals surface area contributed by atoms with Gasteiger partial charge in [0.2, 0.25) is 0 Å². The first-order valence-electron chi connectivity index (χ1n) is 10.3. The van der Waals surface area contributed by atoms with Crippen LogP contribution >= 0.6 is 0 Å². The smallest absolute Gasteiger partial charge is 0.408 e. The quantitative estimate of drug-likeness (QED) is 0.498. The summed E-state index contributed by atoms with van der Waals surface area (Å²) in [6.45, 7) is 9.54. The molecule has 5 heteroatoms. The second-order valence-corrected chi connectivity index (χ2v) is 9.34. The van der Waals surface area contributed by atoms with Gasteiger partial charge >= 0.3 is 6.09 Å². The number of carbonyl (C=O) groups is 1. The summed E-state index contributed by atoms with van der Waals surface area (Å²) in [7, 11) is 0. The van der Waals surface area contributed by atoms with Crippen molar-refractivity contribution in [3.8, 4) is 6.07 Å².